The van der Waals surface area contributed by atoms with Gasteiger partial charge in [-0.1, -0.05) is 13.3 Å². The molecule has 2 heterocycles. The second-order valence-electron chi connectivity index (χ2n) is 5.94. The number of hydrogen-bond acceptors (Lipinski definition) is 4. The maximum absolute atomic E-state index is 5.95. The van der Waals surface area contributed by atoms with Crippen molar-refractivity contribution >= 4 is 0 Å². The lowest BCUT2D eigenvalue weighted by molar-refractivity contribution is 0.173. The molecule has 0 radical (unpaired) electrons. The van der Waals surface area contributed by atoms with Crippen molar-refractivity contribution in [2.75, 3.05) is 33.0 Å². The standard InChI is InChI=1S/C17H25NO3/c1-2-14(7-10-18-8-3-4-9-18)12-19-15-5-6-16-17(11-15)21-13-20-16/h5-6,11,14H,2-4,7-10,12-13H2,1H3. The molecule has 3 rings (SSSR count). The summed E-state index contributed by atoms with van der Waals surface area (Å²) in [6.45, 7) is 7.11. The number of ether oxygens (including phenoxy) is 3. The summed E-state index contributed by atoms with van der Waals surface area (Å²) < 4.78 is 16.6. The molecule has 1 fully saturated rings. The van der Waals surface area contributed by atoms with Gasteiger partial charge < -0.3 is 19.1 Å². The first-order valence-electron chi connectivity index (χ1n) is 8.10. The van der Waals surface area contributed by atoms with Gasteiger partial charge in [0.1, 0.15) is 5.75 Å². The van der Waals surface area contributed by atoms with E-state index in [9.17, 15) is 0 Å². The topological polar surface area (TPSA) is 30.9 Å². The summed E-state index contributed by atoms with van der Waals surface area (Å²) in [7, 11) is 0. The van der Waals surface area contributed by atoms with Gasteiger partial charge in [-0.2, -0.15) is 0 Å². The van der Waals surface area contributed by atoms with Crippen LogP contribution >= 0.6 is 0 Å². The lowest BCUT2D eigenvalue weighted by Gasteiger charge is -2.20. The number of nitrogens with zero attached hydrogens (tertiary/aromatic N) is 1. The smallest absolute Gasteiger partial charge is 0.231 e. The quantitative estimate of drug-likeness (QED) is 0.771. The van der Waals surface area contributed by atoms with Crippen LogP contribution < -0.4 is 14.2 Å². The van der Waals surface area contributed by atoms with Crippen molar-refractivity contribution in [2.24, 2.45) is 5.92 Å². The average molecular weight is 291 g/mol. The highest BCUT2D eigenvalue weighted by Gasteiger charge is 2.16. The van der Waals surface area contributed by atoms with E-state index in [4.69, 9.17) is 14.2 Å². The number of likely N-dealkylation sites (tertiary alicyclic amines) is 1. The van der Waals surface area contributed by atoms with Crippen LogP contribution in [0.4, 0.5) is 0 Å². The third kappa shape index (κ3) is 3.82. The summed E-state index contributed by atoms with van der Waals surface area (Å²) in [4.78, 5) is 2.57. The molecule has 1 saturated heterocycles. The highest BCUT2D eigenvalue weighted by molar-refractivity contribution is 5.46. The lowest BCUT2D eigenvalue weighted by Crippen LogP contribution is -2.24. The maximum atomic E-state index is 5.95. The van der Waals surface area contributed by atoms with Crippen molar-refractivity contribution in [1.82, 2.24) is 4.90 Å². The van der Waals surface area contributed by atoms with Crippen LogP contribution in [0, 0.1) is 5.92 Å². The Labute approximate surface area is 127 Å². The first-order chi connectivity index (χ1) is 10.3. The van der Waals surface area contributed by atoms with Gasteiger partial charge in [-0.15, -0.1) is 0 Å². The van der Waals surface area contributed by atoms with Crippen LogP contribution in [0.15, 0.2) is 18.2 Å². The van der Waals surface area contributed by atoms with Crippen molar-refractivity contribution in [3.63, 3.8) is 0 Å². The van der Waals surface area contributed by atoms with Gasteiger partial charge in [-0.3, -0.25) is 0 Å². The van der Waals surface area contributed by atoms with E-state index < -0.39 is 0 Å². The van der Waals surface area contributed by atoms with Gasteiger partial charge in [-0.25, -0.2) is 0 Å². The Kier molecular flexibility index (Phi) is 4.86. The van der Waals surface area contributed by atoms with E-state index in [2.05, 4.69) is 11.8 Å². The summed E-state index contributed by atoms with van der Waals surface area (Å²) in [6.07, 6.45) is 5.12. The number of fused-ring (bicyclic) bond motifs is 1. The zero-order chi connectivity index (χ0) is 14.5. The molecular weight excluding hydrogens is 266 g/mol. The molecule has 0 N–H and O–H groups in total. The van der Waals surface area contributed by atoms with Gasteiger partial charge in [0.25, 0.3) is 0 Å². The molecule has 0 saturated carbocycles. The molecule has 4 nitrogen and oxygen atoms in total. The molecule has 0 spiro atoms. The van der Waals surface area contributed by atoms with Crippen molar-refractivity contribution in [3.05, 3.63) is 18.2 Å². The van der Waals surface area contributed by atoms with E-state index in [1.54, 1.807) is 0 Å². The van der Waals surface area contributed by atoms with E-state index >= 15 is 0 Å². The molecule has 0 bridgehead atoms. The summed E-state index contributed by atoms with van der Waals surface area (Å²) in [5.41, 5.74) is 0. The third-order valence-corrected chi connectivity index (χ3v) is 4.46. The van der Waals surface area contributed by atoms with E-state index in [0.29, 0.717) is 12.7 Å². The van der Waals surface area contributed by atoms with Gasteiger partial charge in [0, 0.05) is 6.07 Å². The number of rotatable bonds is 7. The molecule has 21 heavy (non-hydrogen) atoms. The van der Waals surface area contributed by atoms with Gasteiger partial charge in [0.2, 0.25) is 6.79 Å². The highest BCUT2D eigenvalue weighted by atomic mass is 16.7. The first-order valence-corrected chi connectivity index (χ1v) is 8.10. The minimum atomic E-state index is 0.312. The van der Waals surface area contributed by atoms with Crippen LogP contribution in [0.1, 0.15) is 32.6 Å². The van der Waals surface area contributed by atoms with Crippen LogP contribution in [0.25, 0.3) is 0 Å². The SMILES string of the molecule is CCC(CCN1CCCC1)COc1ccc2c(c1)OCO2. The molecule has 0 amide bonds. The Hall–Kier alpha value is -1.42. The fourth-order valence-corrected chi connectivity index (χ4v) is 2.96. The molecule has 0 aliphatic carbocycles. The van der Waals surface area contributed by atoms with E-state index in [0.717, 1.165) is 23.9 Å². The Balaban J connectivity index is 1.45. The number of benzene rings is 1. The molecule has 2 aliphatic rings. The van der Waals surface area contributed by atoms with Crippen LogP contribution in [0.5, 0.6) is 17.2 Å². The van der Waals surface area contributed by atoms with Crippen molar-refractivity contribution in [2.45, 2.75) is 32.6 Å². The molecule has 1 aromatic carbocycles. The highest BCUT2D eigenvalue weighted by Crippen LogP contribution is 2.35. The van der Waals surface area contributed by atoms with Gasteiger partial charge in [-0.05, 0) is 56.9 Å². The summed E-state index contributed by atoms with van der Waals surface area (Å²) in [5, 5.41) is 0. The zero-order valence-corrected chi connectivity index (χ0v) is 12.8. The first kappa shape index (κ1) is 14.5. The molecule has 1 atom stereocenters. The third-order valence-electron chi connectivity index (χ3n) is 4.46. The molecule has 1 aromatic rings. The Morgan fingerprint density at radius 2 is 2.00 bits per heavy atom. The minimum Gasteiger partial charge on any atom is -0.493 e. The summed E-state index contributed by atoms with van der Waals surface area (Å²) in [5.74, 6) is 3.09. The van der Waals surface area contributed by atoms with Crippen molar-refractivity contribution in [3.8, 4) is 17.2 Å². The zero-order valence-electron chi connectivity index (χ0n) is 12.8. The minimum absolute atomic E-state index is 0.312. The second kappa shape index (κ2) is 7.03. The molecule has 2 aliphatic heterocycles. The Morgan fingerprint density at radius 3 is 2.81 bits per heavy atom. The summed E-state index contributed by atoms with van der Waals surface area (Å²) >= 11 is 0. The van der Waals surface area contributed by atoms with Crippen LogP contribution in [0.3, 0.4) is 0 Å². The second-order valence-corrected chi connectivity index (χ2v) is 5.94. The fourth-order valence-electron chi connectivity index (χ4n) is 2.96. The van der Waals surface area contributed by atoms with Crippen molar-refractivity contribution in [1.29, 1.82) is 0 Å². The Morgan fingerprint density at radius 1 is 1.19 bits per heavy atom. The van der Waals surface area contributed by atoms with Crippen molar-refractivity contribution < 1.29 is 14.2 Å². The van der Waals surface area contributed by atoms with Gasteiger partial charge >= 0.3 is 0 Å². The molecule has 116 valence electrons. The molecule has 4 heteroatoms. The average Bonchev–Trinajstić information content (AvgIpc) is 3.18. The predicted molar refractivity (Wildman–Crippen MR) is 82.1 cm³/mol. The van der Waals surface area contributed by atoms with E-state index in [1.165, 1.54) is 45.3 Å². The summed E-state index contributed by atoms with van der Waals surface area (Å²) in [6, 6.07) is 5.80. The monoisotopic (exact) mass is 291 g/mol. The number of hydrogen-bond donors (Lipinski definition) is 0. The molecular formula is C17H25NO3. The van der Waals surface area contributed by atoms with Crippen LogP contribution in [-0.2, 0) is 0 Å². The van der Waals surface area contributed by atoms with Crippen LogP contribution in [0.2, 0.25) is 0 Å². The molecule has 1 unspecified atom stereocenters. The van der Waals surface area contributed by atoms with Gasteiger partial charge in [0.15, 0.2) is 11.5 Å². The fraction of sp³-hybridized carbons (Fsp3) is 0.647. The Bertz CT molecular complexity index is 457. The molecule has 0 aromatic heterocycles. The predicted octanol–water partition coefficient (Wildman–Crippen LogP) is 3.31. The largest absolute Gasteiger partial charge is 0.493 e. The van der Waals surface area contributed by atoms with E-state index in [-0.39, 0.29) is 0 Å². The maximum Gasteiger partial charge on any atom is 0.231 e. The van der Waals surface area contributed by atoms with Crippen LogP contribution in [-0.4, -0.2) is 37.9 Å². The lowest BCUT2D eigenvalue weighted by atomic mass is 10.0. The van der Waals surface area contributed by atoms with Gasteiger partial charge in [0.05, 0.1) is 6.61 Å². The normalized spacial score (nSPS) is 18.9. The van der Waals surface area contributed by atoms with E-state index in [1.807, 2.05) is 18.2 Å².